The summed E-state index contributed by atoms with van der Waals surface area (Å²) in [4.78, 5) is 0. The van der Waals surface area contributed by atoms with E-state index in [1.807, 2.05) is 31.2 Å². The van der Waals surface area contributed by atoms with E-state index < -0.39 is 0 Å². The highest BCUT2D eigenvalue weighted by Gasteiger charge is 1.95. The smallest absolute Gasteiger partial charge is 0.0616 e. The zero-order valence-electron chi connectivity index (χ0n) is 4.72. The van der Waals surface area contributed by atoms with Gasteiger partial charge in [-0.2, -0.15) is 0 Å². The molecule has 0 amide bonds. The molecule has 0 aliphatic carbocycles. The molecule has 0 fully saturated rings. The summed E-state index contributed by atoms with van der Waals surface area (Å²) in [6.07, 6.45) is 0. The summed E-state index contributed by atoms with van der Waals surface area (Å²) >= 11 is 4.95. The predicted molar refractivity (Wildman–Crippen MR) is 31.7 cm³/mol. The molecule has 0 bridgehead atoms. The van der Waals surface area contributed by atoms with E-state index in [1.54, 1.807) is 0 Å². The maximum atomic E-state index is 4.95. The summed E-state index contributed by atoms with van der Waals surface area (Å²) in [5.74, 6) is 0. The van der Waals surface area contributed by atoms with Gasteiger partial charge >= 0.3 is 0 Å². The minimum atomic E-state index is 0.951. The molecule has 1 heteroatoms. The van der Waals surface area contributed by atoms with Gasteiger partial charge in [0.1, 0.15) is 0 Å². The van der Waals surface area contributed by atoms with Crippen LogP contribution >= 0.6 is 0 Å². The molecule has 1 rings (SSSR count). The first-order chi connectivity index (χ1) is 3.80. The first-order valence-corrected chi connectivity index (χ1v) is 2.94. The largest absolute Gasteiger partial charge is 0.228 e. The Bertz CT molecular complexity index is 160. The second-order valence-corrected chi connectivity index (χ2v) is 2.21. The van der Waals surface area contributed by atoms with E-state index in [0.717, 1.165) is 5.02 Å². The third kappa shape index (κ3) is 1.01. The van der Waals surface area contributed by atoms with Crippen molar-refractivity contribution in [1.82, 2.24) is 0 Å². The summed E-state index contributed by atoms with van der Waals surface area (Å²) in [7, 11) is 0. The molecule has 0 heterocycles. The number of aryl methyl sites for hydroxylation is 1. The van der Waals surface area contributed by atoms with Gasteiger partial charge in [-0.05, 0) is 6.92 Å². The van der Waals surface area contributed by atoms with Crippen LogP contribution < -0.4 is 0 Å². The molecule has 8 heavy (non-hydrogen) atoms. The van der Waals surface area contributed by atoms with Gasteiger partial charge in [-0.25, -0.2) is 0 Å². The highest BCUT2D eigenvalue weighted by Crippen LogP contribution is 2.04. The highest BCUT2D eigenvalue weighted by atomic mass is 35.5. The molecule has 0 saturated heterocycles. The van der Waals surface area contributed by atoms with Gasteiger partial charge in [0.25, 0.3) is 0 Å². The number of rotatable bonds is 0. The van der Waals surface area contributed by atoms with Gasteiger partial charge in [-0.15, -0.1) is 0 Å². The van der Waals surface area contributed by atoms with Gasteiger partial charge in [-0.3, -0.25) is 0 Å². The van der Waals surface area contributed by atoms with E-state index in [2.05, 4.69) is 0 Å². The topological polar surface area (TPSA) is 0 Å². The van der Waals surface area contributed by atoms with Crippen molar-refractivity contribution in [2.24, 2.45) is 0 Å². The lowest BCUT2D eigenvalue weighted by Gasteiger charge is -1.83. The Morgan fingerprint density at radius 1 is 1.25 bits per heavy atom. The second-order valence-electron chi connectivity index (χ2n) is 1.77. The molecule has 0 unspecified atom stereocenters. The van der Waals surface area contributed by atoms with Crippen LogP contribution in [-0.2, 0) is 0 Å². The van der Waals surface area contributed by atoms with Crippen LogP contribution in [0.5, 0.6) is 0 Å². The van der Waals surface area contributed by atoms with E-state index in [4.69, 9.17) is 11.6 Å². The van der Waals surface area contributed by atoms with Crippen LogP contribution in [0.3, 0.4) is 0 Å². The summed E-state index contributed by atoms with van der Waals surface area (Å²) in [5.41, 5.74) is 1.18. The fourth-order valence-electron chi connectivity index (χ4n) is 0.556. The van der Waals surface area contributed by atoms with Crippen LogP contribution in [0, 0.1) is 18.5 Å². The maximum absolute atomic E-state index is 4.95. The SMILES string of the molecule is Cc1ccccc1[ClH+]. The quantitative estimate of drug-likeness (QED) is 0.498. The predicted octanol–water partition coefficient (Wildman–Crippen LogP) is 1.69. The van der Waals surface area contributed by atoms with E-state index in [9.17, 15) is 0 Å². The first kappa shape index (κ1) is 5.64. The zero-order chi connectivity index (χ0) is 5.98. The molecular weight excluding hydrogens is 120 g/mol. The molecule has 0 radical (unpaired) electrons. The van der Waals surface area contributed by atoms with Crippen molar-refractivity contribution in [1.29, 1.82) is 0 Å². The van der Waals surface area contributed by atoms with Gasteiger partial charge in [0.15, 0.2) is 11.6 Å². The van der Waals surface area contributed by atoms with E-state index in [1.165, 1.54) is 5.56 Å². The van der Waals surface area contributed by atoms with Crippen LogP contribution in [0.25, 0.3) is 0 Å². The van der Waals surface area contributed by atoms with Crippen molar-refractivity contribution < 1.29 is 11.6 Å². The molecule has 0 spiro atoms. The van der Waals surface area contributed by atoms with Crippen molar-refractivity contribution in [2.75, 3.05) is 0 Å². The number of hydrogen-bond acceptors (Lipinski definition) is 0. The van der Waals surface area contributed by atoms with Crippen LogP contribution in [0.15, 0.2) is 24.3 Å². The van der Waals surface area contributed by atoms with Crippen LogP contribution in [0.2, 0.25) is 5.02 Å². The summed E-state index contributed by atoms with van der Waals surface area (Å²) in [6, 6.07) is 7.90. The van der Waals surface area contributed by atoms with Crippen molar-refractivity contribution >= 4 is 0 Å². The Hall–Kier alpha value is -0.490. The van der Waals surface area contributed by atoms with Crippen LogP contribution in [0.4, 0.5) is 0 Å². The van der Waals surface area contributed by atoms with Gasteiger partial charge in [0, 0.05) is 11.6 Å². The molecule has 42 valence electrons. The average molecular weight is 128 g/mol. The van der Waals surface area contributed by atoms with Crippen LogP contribution in [0.1, 0.15) is 5.56 Å². The lowest BCUT2D eigenvalue weighted by Crippen LogP contribution is -1.72. The molecule has 0 aliphatic rings. The normalized spacial score (nSPS) is 9.25. The highest BCUT2D eigenvalue weighted by molar-refractivity contribution is 5.20. The maximum Gasteiger partial charge on any atom is 0.228 e. The Morgan fingerprint density at radius 2 is 1.88 bits per heavy atom. The fourth-order valence-corrected chi connectivity index (χ4v) is 0.703. The zero-order valence-corrected chi connectivity index (χ0v) is 5.53. The Balaban J connectivity index is 3.13. The van der Waals surface area contributed by atoms with Crippen LogP contribution in [-0.4, -0.2) is 0 Å². The molecular formula is C7H8Cl+. The van der Waals surface area contributed by atoms with E-state index in [0.29, 0.717) is 0 Å². The standard InChI is InChI=1S/C7H8Cl/c1-6-4-2-3-5-7(6)8/h2-5,8H,1H3/q+1. The van der Waals surface area contributed by atoms with Crippen molar-refractivity contribution in [2.45, 2.75) is 6.92 Å². The van der Waals surface area contributed by atoms with E-state index >= 15 is 0 Å². The Labute approximate surface area is 54.1 Å². The molecule has 1 aromatic carbocycles. The molecule has 0 aromatic heterocycles. The first-order valence-electron chi connectivity index (χ1n) is 2.53. The van der Waals surface area contributed by atoms with Crippen molar-refractivity contribution in [3.63, 3.8) is 0 Å². The molecule has 0 nitrogen and oxygen atoms in total. The fraction of sp³-hybridized carbons (Fsp3) is 0.143. The van der Waals surface area contributed by atoms with E-state index in [-0.39, 0.29) is 0 Å². The Kier molecular flexibility index (Phi) is 1.54. The minimum absolute atomic E-state index is 0.951. The van der Waals surface area contributed by atoms with Gasteiger partial charge in [-0.1, -0.05) is 18.2 Å². The molecule has 0 saturated carbocycles. The second kappa shape index (κ2) is 2.19. The average Bonchev–Trinajstić information content (AvgIpc) is 1.77. The number of benzene rings is 1. The monoisotopic (exact) mass is 127 g/mol. The third-order valence-corrected chi connectivity index (χ3v) is 1.55. The van der Waals surface area contributed by atoms with Gasteiger partial charge in [0.2, 0.25) is 5.02 Å². The molecule has 1 aromatic rings. The molecule has 0 N–H and O–H groups in total. The minimum Gasteiger partial charge on any atom is -0.0616 e. The lowest BCUT2D eigenvalue weighted by atomic mass is 10.2. The van der Waals surface area contributed by atoms with Crippen molar-refractivity contribution in [3.8, 4) is 0 Å². The third-order valence-electron chi connectivity index (χ3n) is 1.09. The lowest BCUT2D eigenvalue weighted by molar-refractivity contribution is -0.289. The van der Waals surface area contributed by atoms with Crippen molar-refractivity contribution in [3.05, 3.63) is 34.9 Å². The van der Waals surface area contributed by atoms with Gasteiger partial charge < -0.3 is 0 Å². The summed E-state index contributed by atoms with van der Waals surface area (Å²) in [6.45, 7) is 2.02. The molecule has 0 aliphatic heterocycles. The number of halogens is 1. The molecule has 0 atom stereocenters. The summed E-state index contributed by atoms with van der Waals surface area (Å²) in [5, 5.41) is 0.951. The Morgan fingerprint density at radius 3 is 2.25 bits per heavy atom. The number of hydrogen-bond donors (Lipinski definition) is 0. The van der Waals surface area contributed by atoms with Gasteiger partial charge in [0.05, 0.1) is 0 Å². The summed E-state index contributed by atoms with van der Waals surface area (Å²) < 4.78 is 0.